The maximum atomic E-state index is 6.54. The van der Waals surface area contributed by atoms with Crippen LogP contribution in [-0.2, 0) is 0 Å². The summed E-state index contributed by atoms with van der Waals surface area (Å²) in [5.41, 5.74) is 11.3. The van der Waals surface area contributed by atoms with E-state index in [1.54, 1.807) is 0 Å². The standard InChI is InChI=1S/C46H29NO2/c1-3-12-30(13-4-1)35-27-25-34(28-39(35)31-14-5-2-6-15-31)47(41-18-11-21-44-45(41)38-17-8-10-20-43(38)48-44)33-24-22-32-23-26-37-36-16-7-9-19-42(36)49-46(37)40(32)29-33/h1-29H. The average molecular weight is 628 g/mol. The fourth-order valence-electron chi connectivity index (χ4n) is 7.40. The van der Waals surface area contributed by atoms with E-state index in [0.29, 0.717) is 0 Å². The number of anilines is 3. The van der Waals surface area contributed by atoms with E-state index in [0.717, 1.165) is 77.3 Å². The summed E-state index contributed by atoms with van der Waals surface area (Å²) in [5.74, 6) is 0. The smallest absolute Gasteiger partial charge is 0.143 e. The molecule has 0 amide bonds. The first kappa shape index (κ1) is 27.5. The highest BCUT2D eigenvalue weighted by atomic mass is 16.3. The van der Waals surface area contributed by atoms with Crippen LogP contribution in [0.4, 0.5) is 17.1 Å². The molecule has 0 saturated carbocycles. The van der Waals surface area contributed by atoms with E-state index in [4.69, 9.17) is 8.83 Å². The highest BCUT2D eigenvalue weighted by Crippen LogP contribution is 2.46. The fraction of sp³-hybridized carbons (Fsp3) is 0. The van der Waals surface area contributed by atoms with Gasteiger partial charge in [-0.2, -0.15) is 0 Å². The summed E-state index contributed by atoms with van der Waals surface area (Å²) in [5, 5.41) is 6.61. The molecule has 3 heteroatoms. The Hall–Kier alpha value is -6.58. The minimum atomic E-state index is 0.855. The molecule has 0 unspecified atom stereocenters. The van der Waals surface area contributed by atoms with Gasteiger partial charge in [-0.3, -0.25) is 0 Å². The molecule has 49 heavy (non-hydrogen) atoms. The third-order valence-corrected chi connectivity index (χ3v) is 9.66. The minimum Gasteiger partial charge on any atom is -0.456 e. The summed E-state index contributed by atoms with van der Waals surface area (Å²) in [6.45, 7) is 0. The van der Waals surface area contributed by atoms with Crippen molar-refractivity contribution in [3.05, 3.63) is 176 Å². The van der Waals surface area contributed by atoms with Crippen LogP contribution in [0.3, 0.4) is 0 Å². The number of hydrogen-bond donors (Lipinski definition) is 0. The molecule has 0 aliphatic carbocycles. The number of para-hydroxylation sites is 2. The molecule has 0 saturated heterocycles. The lowest BCUT2D eigenvalue weighted by molar-refractivity contribution is 0.669. The van der Waals surface area contributed by atoms with E-state index < -0.39 is 0 Å². The van der Waals surface area contributed by atoms with Crippen molar-refractivity contribution in [2.24, 2.45) is 0 Å². The van der Waals surface area contributed by atoms with Gasteiger partial charge in [0, 0.05) is 32.9 Å². The first-order chi connectivity index (χ1) is 24.3. The Morgan fingerprint density at radius 2 is 0.980 bits per heavy atom. The molecule has 10 aromatic rings. The Bertz CT molecular complexity index is 2830. The van der Waals surface area contributed by atoms with Gasteiger partial charge in [0.15, 0.2) is 0 Å². The molecule has 10 rings (SSSR count). The van der Waals surface area contributed by atoms with Crippen LogP contribution in [0, 0.1) is 0 Å². The van der Waals surface area contributed by atoms with Gasteiger partial charge < -0.3 is 13.7 Å². The van der Waals surface area contributed by atoms with Crippen LogP contribution in [0.15, 0.2) is 185 Å². The molecule has 0 spiro atoms. The molecule has 2 aromatic heterocycles. The predicted molar refractivity (Wildman–Crippen MR) is 204 cm³/mol. The zero-order chi connectivity index (χ0) is 32.3. The van der Waals surface area contributed by atoms with Crippen LogP contribution in [0.2, 0.25) is 0 Å². The average Bonchev–Trinajstić information content (AvgIpc) is 3.75. The summed E-state index contributed by atoms with van der Waals surface area (Å²) >= 11 is 0. The van der Waals surface area contributed by atoms with Crippen molar-refractivity contribution < 1.29 is 8.83 Å². The highest BCUT2D eigenvalue weighted by Gasteiger charge is 2.22. The van der Waals surface area contributed by atoms with Crippen molar-refractivity contribution in [3.8, 4) is 22.3 Å². The fourth-order valence-corrected chi connectivity index (χ4v) is 7.40. The maximum Gasteiger partial charge on any atom is 0.143 e. The second kappa shape index (κ2) is 11.0. The number of rotatable bonds is 5. The molecule has 0 radical (unpaired) electrons. The molecule has 0 aliphatic rings. The van der Waals surface area contributed by atoms with Crippen LogP contribution in [-0.4, -0.2) is 0 Å². The molecule has 0 N–H and O–H groups in total. The van der Waals surface area contributed by atoms with Gasteiger partial charge in [0.25, 0.3) is 0 Å². The quantitative estimate of drug-likeness (QED) is 0.190. The normalized spacial score (nSPS) is 11.7. The van der Waals surface area contributed by atoms with Crippen molar-refractivity contribution in [2.75, 3.05) is 4.90 Å². The monoisotopic (exact) mass is 627 g/mol. The van der Waals surface area contributed by atoms with Gasteiger partial charge in [0.2, 0.25) is 0 Å². The highest BCUT2D eigenvalue weighted by molar-refractivity contribution is 6.17. The molecule has 230 valence electrons. The Morgan fingerprint density at radius 3 is 1.78 bits per heavy atom. The maximum absolute atomic E-state index is 6.54. The van der Waals surface area contributed by atoms with E-state index in [9.17, 15) is 0 Å². The van der Waals surface area contributed by atoms with Crippen molar-refractivity contribution >= 4 is 71.7 Å². The molecule has 8 aromatic carbocycles. The van der Waals surface area contributed by atoms with Crippen molar-refractivity contribution in [3.63, 3.8) is 0 Å². The van der Waals surface area contributed by atoms with E-state index in [2.05, 4.69) is 157 Å². The lowest BCUT2D eigenvalue weighted by atomic mass is 9.93. The van der Waals surface area contributed by atoms with E-state index in [1.165, 1.54) is 16.7 Å². The number of hydrogen-bond acceptors (Lipinski definition) is 3. The minimum absolute atomic E-state index is 0.855. The van der Waals surface area contributed by atoms with E-state index in [1.807, 2.05) is 24.3 Å². The topological polar surface area (TPSA) is 29.5 Å². The summed E-state index contributed by atoms with van der Waals surface area (Å²) in [6, 6.07) is 62.1. The van der Waals surface area contributed by atoms with Gasteiger partial charge in [-0.25, -0.2) is 0 Å². The van der Waals surface area contributed by atoms with Crippen LogP contribution in [0.25, 0.3) is 76.9 Å². The Kier molecular flexibility index (Phi) is 6.18. The van der Waals surface area contributed by atoms with Crippen molar-refractivity contribution in [1.29, 1.82) is 0 Å². The first-order valence-corrected chi connectivity index (χ1v) is 16.6. The summed E-state index contributed by atoms with van der Waals surface area (Å²) < 4.78 is 12.9. The van der Waals surface area contributed by atoms with Crippen LogP contribution < -0.4 is 4.90 Å². The largest absolute Gasteiger partial charge is 0.456 e. The van der Waals surface area contributed by atoms with Crippen LogP contribution >= 0.6 is 0 Å². The molecule has 0 fully saturated rings. The second-order valence-electron chi connectivity index (χ2n) is 12.5. The number of furan rings is 2. The van der Waals surface area contributed by atoms with Crippen LogP contribution in [0.5, 0.6) is 0 Å². The van der Waals surface area contributed by atoms with Gasteiger partial charge >= 0.3 is 0 Å². The van der Waals surface area contributed by atoms with Gasteiger partial charge in [0.05, 0.1) is 11.1 Å². The second-order valence-corrected chi connectivity index (χ2v) is 12.5. The number of nitrogens with zero attached hydrogens (tertiary/aromatic N) is 1. The molecular weight excluding hydrogens is 599 g/mol. The Labute approximate surface area is 282 Å². The molecule has 3 nitrogen and oxygen atoms in total. The van der Waals surface area contributed by atoms with Crippen LogP contribution in [0.1, 0.15) is 0 Å². The van der Waals surface area contributed by atoms with E-state index in [-0.39, 0.29) is 0 Å². The molecule has 0 bridgehead atoms. The van der Waals surface area contributed by atoms with Crippen molar-refractivity contribution in [2.45, 2.75) is 0 Å². The third-order valence-electron chi connectivity index (χ3n) is 9.66. The SMILES string of the molecule is c1ccc(-c2ccc(N(c3ccc4ccc5c6ccccc6oc5c4c3)c3cccc4oc5ccccc5c34)cc2-c2ccccc2)cc1. The lowest BCUT2D eigenvalue weighted by Gasteiger charge is -2.28. The van der Waals surface area contributed by atoms with Gasteiger partial charge in [-0.1, -0.05) is 121 Å². The zero-order valence-corrected chi connectivity index (χ0v) is 26.5. The predicted octanol–water partition coefficient (Wildman–Crippen LogP) is 13.4. The van der Waals surface area contributed by atoms with Gasteiger partial charge in [-0.15, -0.1) is 0 Å². The van der Waals surface area contributed by atoms with Gasteiger partial charge in [-0.05, 0) is 82.2 Å². The van der Waals surface area contributed by atoms with Gasteiger partial charge in [0.1, 0.15) is 22.3 Å². The number of fused-ring (bicyclic) bond motifs is 8. The molecule has 0 aliphatic heterocycles. The summed E-state index contributed by atoms with van der Waals surface area (Å²) in [6.07, 6.45) is 0. The molecule has 0 atom stereocenters. The zero-order valence-electron chi connectivity index (χ0n) is 26.5. The molecule has 2 heterocycles. The third kappa shape index (κ3) is 4.44. The molecular formula is C46H29NO2. The Balaban J connectivity index is 1.28. The van der Waals surface area contributed by atoms with E-state index >= 15 is 0 Å². The Morgan fingerprint density at radius 1 is 0.367 bits per heavy atom. The number of benzene rings is 8. The van der Waals surface area contributed by atoms with Crippen molar-refractivity contribution in [1.82, 2.24) is 0 Å². The first-order valence-electron chi connectivity index (χ1n) is 16.6. The summed E-state index contributed by atoms with van der Waals surface area (Å²) in [4.78, 5) is 2.37. The summed E-state index contributed by atoms with van der Waals surface area (Å²) in [7, 11) is 0. The lowest BCUT2D eigenvalue weighted by Crippen LogP contribution is -2.10.